The van der Waals surface area contributed by atoms with Crippen LogP contribution in [0.25, 0.3) is 0 Å². The Labute approximate surface area is 433 Å². The Hall–Kier alpha value is -3.15. The van der Waals surface area contributed by atoms with Crippen LogP contribution >= 0.6 is 0 Å². The molecule has 0 aliphatic rings. The Morgan fingerprint density at radius 3 is 0.800 bits per heavy atom. The standard InChI is InChI=1S/C64H112O6/c1-4-7-10-13-16-18-20-22-24-26-28-30-32-34-36-38-40-42-44-46-48-51-54-57-63(66)69-60-61(59-68-62(65)56-53-50-15-12-9-6-3)70-64(67)58-55-52-49-47-45-43-41-39-37-35-33-31-29-27-25-23-21-19-17-14-11-8-5-2/h20-23,26-29,32-35,61H,4-19,24-25,30-31,36-60H2,1-3H3/b22-20-,23-21-,28-26-,29-27-,34-32-,35-33-. The highest BCUT2D eigenvalue weighted by Crippen LogP contribution is 2.15. The van der Waals surface area contributed by atoms with Crippen LogP contribution in [0.3, 0.4) is 0 Å². The van der Waals surface area contributed by atoms with E-state index in [0.717, 1.165) is 96.3 Å². The van der Waals surface area contributed by atoms with Crippen molar-refractivity contribution in [1.29, 1.82) is 0 Å². The first kappa shape index (κ1) is 66.9. The fourth-order valence-corrected chi connectivity index (χ4v) is 8.40. The SMILES string of the molecule is CCCCCCC/C=C\C/C=C\C/C=C\CCCCCCCCCCC(=O)OCC(COC(=O)CCCCCCCC)OC(=O)CCCCCCCCCC/C=C\C/C=C\C/C=C\CCCCCCC. The average Bonchev–Trinajstić information content (AvgIpc) is 3.36. The molecule has 0 rings (SSSR count). The molecule has 0 aromatic rings. The van der Waals surface area contributed by atoms with Crippen LogP contribution in [0.2, 0.25) is 0 Å². The third kappa shape index (κ3) is 55.8. The van der Waals surface area contributed by atoms with Crippen molar-refractivity contribution in [3.8, 4) is 0 Å². The van der Waals surface area contributed by atoms with Gasteiger partial charge in [-0.3, -0.25) is 14.4 Å². The highest BCUT2D eigenvalue weighted by Gasteiger charge is 2.19. The molecule has 0 saturated heterocycles. The molecular formula is C64H112O6. The van der Waals surface area contributed by atoms with Gasteiger partial charge >= 0.3 is 17.9 Å². The summed E-state index contributed by atoms with van der Waals surface area (Å²) < 4.78 is 16.8. The molecule has 404 valence electrons. The zero-order valence-electron chi connectivity index (χ0n) is 46.3. The second-order valence-corrected chi connectivity index (χ2v) is 19.9. The molecule has 0 saturated carbocycles. The molecule has 0 spiro atoms. The molecule has 1 unspecified atom stereocenters. The van der Waals surface area contributed by atoms with E-state index < -0.39 is 6.10 Å². The van der Waals surface area contributed by atoms with Crippen LogP contribution < -0.4 is 0 Å². The van der Waals surface area contributed by atoms with Crippen LogP contribution in [-0.2, 0) is 28.6 Å². The first-order chi connectivity index (χ1) is 34.5. The van der Waals surface area contributed by atoms with Crippen molar-refractivity contribution in [1.82, 2.24) is 0 Å². The largest absolute Gasteiger partial charge is 0.462 e. The van der Waals surface area contributed by atoms with E-state index in [0.29, 0.717) is 19.3 Å². The van der Waals surface area contributed by atoms with Crippen LogP contribution in [0.4, 0.5) is 0 Å². The molecule has 0 amide bonds. The molecule has 0 aromatic carbocycles. The van der Waals surface area contributed by atoms with Gasteiger partial charge in [0.25, 0.3) is 0 Å². The number of esters is 3. The van der Waals surface area contributed by atoms with Crippen molar-refractivity contribution in [2.75, 3.05) is 13.2 Å². The number of hydrogen-bond donors (Lipinski definition) is 0. The van der Waals surface area contributed by atoms with Gasteiger partial charge in [0, 0.05) is 19.3 Å². The van der Waals surface area contributed by atoms with Crippen LogP contribution in [0.15, 0.2) is 72.9 Å². The Kier molecular flexibility index (Phi) is 55.8. The van der Waals surface area contributed by atoms with Gasteiger partial charge in [-0.2, -0.15) is 0 Å². The van der Waals surface area contributed by atoms with Crippen LogP contribution in [0.5, 0.6) is 0 Å². The van der Waals surface area contributed by atoms with E-state index in [1.54, 1.807) is 0 Å². The number of allylic oxidation sites excluding steroid dienone is 12. The van der Waals surface area contributed by atoms with Crippen molar-refractivity contribution < 1.29 is 28.6 Å². The Bertz CT molecular complexity index is 1310. The first-order valence-electron chi connectivity index (χ1n) is 29.9. The van der Waals surface area contributed by atoms with E-state index in [2.05, 4.69) is 93.7 Å². The smallest absolute Gasteiger partial charge is 0.306 e. The third-order valence-corrected chi connectivity index (χ3v) is 12.9. The van der Waals surface area contributed by atoms with Gasteiger partial charge in [-0.25, -0.2) is 0 Å². The maximum absolute atomic E-state index is 12.8. The summed E-state index contributed by atoms with van der Waals surface area (Å²) in [5.74, 6) is -0.897. The molecule has 0 aliphatic heterocycles. The van der Waals surface area contributed by atoms with Crippen molar-refractivity contribution in [3.05, 3.63) is 72.9 Å². The minimum Gasteiger partial charge on any atom is -0.462 e. The molecule has 0 fully saturated rings. The second kappa shape index (κ2) is 58.4. The quantitative estimate of drug-likeness (QED) is 0.0261. The monoisotopic (exact) mass is 977 g/mol. The molecular weight excluding hydrogens is 865 g/mol. The van der Waals surface area contributed by atoms with E-state index in [4.69, 9.17) is 14.2 Å². The minimum atomic E-state index is -0.780. The van der Waals surface area contributed by atoms with E-state index in [-0.39, 0.29) is 31.1 Å². The number of carbonyl (C=O) groups is 3. The zero-order chi connectivity index (χ0) is 50.7. The van der Waals surface area contributed by atoms with E-state index in [1.165, 1.54) is 161 Å². The van der Waals surface area contributed by atoms with Gasteiger partial charge in [-0.15, -0.1) is 0 Å². The highest BCUT2D eigenvalue weighted by molar-refractivity contribution is 5.71. The first-order valence-corrected chi connectivity index (χ1v) is 29.9. The Balaban J connectivity index is 4.17. The van der Waals surface area contributed by atoms with E-state index in [9.17, 15) is 14.4 Å². The van der Waals surface area contributed by atoms with Gasteiger partial charge in [0.1, 0.15) is 13.2 Å². The van der Waals surface area contributed by atoms with Gasteiger partial charge in [-0.1, -0.05) is 254 Å². The van der Waals surface area contributed by atoms with Gasteiger partial charge in [0.2, 0.25) is 0 Å². The van der Waals surface area contributed by atoms with E-state index >= 15 is 0 Å². The maximum Gasteiger partial charge on any atom is 0.306 e. The molecule has 0 bridgehead atoms. The molecule has 0 N–H and O–H groups in total. The van der Waals surface area contributed by atoms with Crippen molar-refractivity contribution in [3.63, 3.8) is 0 Å². The lowest BCUT2D eigenvalue weighted by atomic mass is 10.1. The Morgan fingerprint density at radius 2 is 0.514 bits per heavy atom. The number of ether oxygens (including phenoxy) is 3. The zero-order valence-corrected chi connectivity index (χ0v) is 46.3. The molecule has 6 heteroatoms. The molecule has 0 aliphatic carbocycles. The normalized spacial score (nSPS) is 12.6. The molecule has 0 heterocycles. The fourth-order valence-electron chi connectivity index (χ4n) is 8.40. The number of rotatable bonds is 54. The van der Waals surface area contributed by atoms with Crippen LogP contribution in [0, 0.1) is 0 Å². The lowest BCUT2D eigenvalue weighted by Crippen LogP contribution is -2.30. The minimum absolute atomic E-state index is 0.0805. The lowest BCUT2D eigenvalue weighted by molar-refractivity contribution is -0.167. The van der Waals surface area contributed by atoms with Gasteiger partial charge in [0.15, 0.2) is 6.10 Å². The summed E-state index contributed by atoms with van der Waals surface area (Å²) in [5, 5.41) is 0. The van der Waals surface area contributed by atoms with E-state index in [1.807, 2.05) is 0 Å². The Morgan fingerprint density at radius 1 is 0.286 bits per heavy atom. The molecule has 0 radical (unpaired) electrons. The van der Waals surface area contributed by atoms with Gasteiger partial charge < -0.3 is 14.2 Å². The summed E-state index contributed by atoms with van der Waals surface area (Å²) in [5.41, 5.74) is 0. The fraction of sp³-hybridized carbons (Fsp3) is 0.766. The molecule has 1 atom stereocenters. The predicted molar refractivity (Wildman–Crippen MR) is 302 cm³/mol. The van der Waals surface area contributed by atoms with Crippen molar-refractivity contribution in [2.45, 2.75) is 303 Å². The van der Waals surface area contributed by atoms with Crippen molar-refractivity contribution in [2.24, 2.45) is 0 Å². The molecule has 70 heavy (non-hydrogen) atoms. The summed E-state index contributed by atoms with van der Waals surface area (Å²) in [7, 11) is 0. The van der Waals surface area contributed by atoms with Gasteiger partial charge in [-0.05, 0) is 96.3 Å². The summed E-state index contributed by atoms with van der Waals surface area (Å²) >= 11 is 0. The summed E-state index contributed by atoms with van der Waals surface area (Å²) in [6.07, 6.45) is 75.0. The number of carbonyl (C=O) groups excluding carboxylic acids is 3. The molecule has 6 nitrogen and oxygen atoms in total. The number of unbranched alkanes of at least 4 members (excludes halogenated alkanes) is 31. The topological polar surface area (TPSA) is 78.9 Å². The molecule has 0 aromatic heterocycles. The van der Waals surface area contributed by atoms with Crippen LogP contribution in [0.1, 0.15) is 297 Å². The highest BCUT2D eigenvalue weighted by atomic mass is 16.6. The van der Waals surface area contributed by atoms with Crippen LogP contribution in [-0.4, -0.2) is 37.2 Å². The van der Waals surface area contributed by atoms with Crippen molar-refractivity contribution >= 4 is 17.9 Å². The number of hydrogen-bond acceptors (Lipinski definition) is 6. The average molecular weight is 978 g/mol. The third-order valence-electron chi connectivity index (χ3n) is 12.9. The predicted octanol–water partition coefficient (Wildman–Crippen LogP) is 20.2. The maximum atomic E-state index is 12.8. The summed E-state index contributed by atoms with van der Waals surface area (Å²) in [6.45, 7) is 6.56. The second-order valence-electron chi connectivity index (χ2n) is 19.9. The summed E-state index contributed by atoms with van der Waals surface area (Å²) in [6, 6.07) is 0. The summed E-state index contributed by atoms with van der Waals surface area (Å²) in [4.78, 5) is 37.9. The van der Waals surface area contributed by atoms with Gasteiger partial charge in [0.05, 0.1) is 0 Å². The lowest BCUT2D eigenvalue weighted by Gasteiger charge is -2.18.